The number of fused-ring (bicyclic) bond motifs is 5. The van der Waals surface area contributed by atoms with Gasteiger partial charge >= 0.3 is 0 Å². The number of hydrogen-bond donors (Lipinski definition) is 5. The highest BCUT2D eigenvalue weighted by Crippen LogP contribution is 2.43. The summed E-state index contributed by atoms with van der Waals surface area (Å²) in [5.74, 6) is 5.37. The second-order valence-corrected chi connectivity index (χ2v) is 43.2. The minimum Gasteiger partial charge on any atom is -0.459 e. The molecule has 5 N–H and O–H groups in total. The summed E-state index contributed by atoms with van der Waals surface area (Å²) in [7, 11) is 0. The van der Waals surface area contributed by atoms with E-state index >= 15 is 0 Å². The summed E-state index contributed by atoms with van der Waals surface area (Å²) in [5.41, 5.74) is 7.74. The zero-order chi connectivity index (χ0) is 98.1. The van der Waals surface area contributed by atoms with Crippen molar-refractivity contribution in [2.45, 2.75) is 342 Å². The summed E-state index contributed by atoms with van der Waals surface area (Å²) in [6.45, 7) is 12.1. The van der Waals surface area contributed by atoms with E-state index in [1.807, 2.05) is 86.5 Å². The molecule has 5 aliphatic carbocycles. The Kier molecular flexibility index (Phi) is 31.9. The molecule has 5 saturated carbocycles. The van der Waals surface area contributed by atoms with Crippen LogP contribution in [0.2, 0.25) is 0 Å². The van der Waals surface area contributed by atoms with E-state index in [1.54, 1.807) is 36.4 Å². The molecule has 15 fully saturated rings. The van der Waals surface area contributed by atoms with Gasteiger partial charge in [-0.05, 0) is 143 Å². The minimum atomic E-state index is -0.248. The second kappa shape index (κ2) is 46.3. The van der Waals surface area contributed by atoms with Crippen molar-refractivity contribution in [2.75, 3.05) is 66.1 Å². The van der Waals surface area contributed by atoms with Gasteiger partial charge in [-0.2, -0.15) is 11.3 Å². The number of hydrogen-bond acceptors (Lipinski definition) is 30. The van der Waals surface area contributed by atoms with Gasteiger partial charge in [0.05, 0.1) is 137 Å². The normalized spacial score (nSPS) is 29.9. The highest BCUT2D eigenvalue weighted by molar-refractivity contribution is 7.08. The summed E-state index contributed by atoms with van der Waals surface area (Å²) in [6, 6.07) is 11.2. The topological polar surface area (TPSA) is 444 Å². The van der Waals surface area contributed by atoms with Crippen LogP contribution in [0.1, 0.15) is 294 Å². The first-order valence-electron chi connectivity index (χ1n) is 53.0. The van der Waals surface area contributed by atoms with Gasteiger partial charge in [-0.3, -0.25) is 24.0 Å². The largest absolute Gasteiger partial charge is 0.459 e. The van der Waals surface area contributed by atoms with E-state index in [9.17, 15) is 24.0 Å². The quantitative estimate of drug-likeness (QED) is 0.0355. The lowest BCUT2D eigenvalue weighted by molar-refractivity contribution is 0.0611. The number of aromatic nitrogens is 15. The van der Waals surface area contributed by atoms with Crippen molar-refractivity contribution in [2.24, 2.45) is 29.6 Å². The predicted octanol–water partition coefficient (Wildman–Crippen LogP) is 12.4. The molecule has 0 unspecified atom stereocenters. The van der Waals surface area contributed by atoms with Crippen molar-refractivity contribution in [3.63, 3.8) is 0 Å². The highest BCUT2D eigenvalue weighted by Gasteiger charge is 2.55. The average molecular weight is 2000 g/mol. The Balaban J connectivity index is 0.000000106. The molecule has 10 aliphatic heterocycles. The van der Waals surface area contributed by atoms with Gasteiger partial charge in [0, 0.05) is 47.5 Å². The number of ether oxygens (including phenoxy) is 10. The van der Waals surface area contributed by atoms with Gasteiger partial charge in [0.25, 0.3) is 29.5 Å². The maximum Gasteiger partial charge on any atom is 0.287 e. The summed E-state index contributed by atoms with van der Waals surface area (Å²) in [5, 5.41) is 62.6. The van der Waals surface area contributed by atoms with Crippen molar-refractivity contribution < 1.29 is 89.0 Å². The summed E-state index contributed by atoms with van der Waals surface area (Å²) >= 11 is 1.52. The first-order valence-corrected chi connectivity index (χ1v) is 53.9. The third-order valence-electron chi connectivity index (χ3n) is 32.3. The smallest absolute Gasteiger partial charge is 0.287 e. The van der Waals surface area contributed by atoms with Gasteiger partial charge in [0.15, 0.2) is 23.0 Å². The van der Waals surface area contributed by atoms with Gasteiger partial charge in [0.2, 0.25) is 0 Å². The third-order valence-corrected chi connectivity index (χ3v) is 33.0. The van der Waals surface area contributed by atoms with Crippen molar-refractivity contribution in [3.05, 3.63) is 176 Å². The molecule has 20 heterocycles. The van der Waals surface area contributed by atoms with E-state index in [0.29, 0.717) is 100 Å². The van der Waals surface area contributed by atoms with Gasteiger partial charge in [-0.15, -0.1) is 25.5 Å². The van der Waals surface area contributed by atoms with Crippen LogP contribution in [-0.4, -0.2) is 262 Å². The van der Waals surface area contributed by atoms with E-state index in [0.717, 1.165) is 107 Å². The van der Waals surface area contributed by atoms with Gasteiger partial charge in [-0.1, -0.05) is 187 Å². The van der Waals surface area contributed by atoms with Crippen LogP contribution in [0.25, 0.3) is 0 Å². The van der Waals surface area contributed by atoms with Crippen molar-refractivity contribution >= 4 is 40.9 Å². The monoisotopic (exact) mass is 2000 g/mol. The molecular formula is C104H138N20O19S. The molecule has 0 aromatic carbocycles. The van der Waals surface area contributed by atoms with Crippen LogP contribution in [-0.2, 0) is 79.5 Å². The summed E-state index contributed by atoms with van der Waals surface area (Å²) < 4.78 is 90.9. The van der Waals surface area contributed by atoms with Gasteiger partial charge in [-0.25, -0.2) is 23.4 Å². The predicted molar refractivity (Wildman–Crippen MR) is 518 cm³/mol. The van der Waals surface area contributed by atoms with E-state index in [1.165, 1.54) is 184 Å². The zero-order valence-corrected chi connectivity index (χ0v) is 83.6. The number of nitrogens with zero attached hydrogens (tertiary/aromatic N) is 15. The zero-order valence-electron chi connectivity index (χ0n) is 82.8. The molecule has 10 saturated heterocycles. The van der Waals surface area contributed by atoms with Crippen LogP contribution in [0, 0.1) is 57.3 Å². The summed E-state index contributed by atoms with van der Waals surface area (Å²) in [4.78, 5) is 62.0. The Morgan fingerprint density at radius 2 is 0.639 bits per heavy atom. The number of aryl methyl sites for hydroxylation is 4. The molecule has 39 nitrogen and oxygen atoms in total. The molecule has 10 aromatic rings. The van der Waals surface area contributed by atoms with Gasteiger partial charge in [0.1, 0.15) is 103 Å². The van der Waals surface area contributed by atoms with E-state index in [-0.39, 0.29) is 151 Å². The Bertz CT molecular complexity index is 5680. The number of thiophene rings is 1. The standard InChI is InChI=1S/C22H30N4O4.2C21H28N4O4.C20H26N4O4.C20H26N4O3S/c1-13-8-19(30-14(13)2)22(27)23-17-11-28-21-18(12-29-20(17)21)26-10-16(24-25-26)9-15-6-4-3-5-7-15;1-13-7-8-27-18(13)21(26)22-16-11-28-20-17(12-29-19(16)20)25-10-15(23-24-25)9-14-5-3-2-4-6-14;1-13-7-8-18(29-13)21(26)22-16-11-27-20-17(12-28-19(16)20)25-10-15(23-24-25)9-14-5-3-2-4-6-14;25-20(17-7-4-8-26-17)21-15-11-27-19-16(12-28-18(15)19)24-10-14(22-23-24)9-13-5-2-1-3-6-13;25-20(14-6-7-28-12-14)21-16-10-26-19-17(11-27-18(16)19)24-9-15(22-23-24)8-13-4-2-1-3-5-13/h8,10,15,17-18,20-21H,3-7,9,11-12H2,1-2H3,(H,23,27);2*7-8,10,14,16-17,19-20H,2-6,9,11-12H2,1H3,(H,22,26);4,7-8,10,13,15-16,18-19H,1-3,5-6,9,11-12H2,(H,21,25);6-7,9,12-13,16-19H,1-5,8,10-11H2,(H,21,25)/t17-,18-,20+,21+;2*16-,17-,19+,20+;15-,16-,18+,19+;16-,17-,18+,19+/m00000/s1. The highest BCUT2D eigenvalue weighted by atomic mass is 32.1. The van der Waals surface area contributed by atoms with Crippen molar-refractivity contribution in [1.29, 1.82) is 0 Å². The van der Waals surface area contributed by atoms with E-state index in [4.69, 9.17) is 65.0 Å². The maximum atomic E-state index is 12.6. The molecule has 774 valence electrons. The van der Waals surface area contributed by atoms with Gasteiger partial charge < -0.3 is 91.6 Å². The molecule has 5 amide bonds. The molecule has 0 bridgehead atoms. The van der Waals surface area contributed by atoms with Crippen LogP contribution < -0.4 is 26.6 Å². The number of nitrogens with one attached hydrogen (secondary N) is 5. The second-order valence-electron chi connectivity index (χ2n) is 42.4. The number of carbonyl (C=O) groups is 5. The number of amides is 5. The summed E-state index contributed by atoms with van der Waals surface area (Å²) in [6.07, 6.45) is 49.9. The Morgan fingerprint density at radius 3 is 0.924 bits per heavy atom. The fourth-order valence-electron chi connectivity index (χ4n) is 24.3. The molecule has 20 atom stereocenters. The fraction of sp³-hybridized carbons (Fsp3) is 0.663. The SMILES string of the molecule is Cc1cc(C(=O)N[C@H]2CO[C@H]3[C@@H]2OC[C@@H]3n2cc(CC3CCCCC3)nn2)oc1C.Cc1ccc(C(=O)N[C@H]2CO[C@H]3[C@@H]2OC[C@@H]3n2cc(CC3CCCCC3)nn2)o1.Cc1ccoc1C(=O)N[C@H]1CO[C@H]2[C@@H]1OC[C@@H]2n1cc(CC2CCCCC2)nn1.O=C(N[C@H]1CO[C@H]2[C@@H]1OC[C@@H]2n1cc(CC2CCCCC2)nn1)c1ccco1.O=C(N[C@H]1CO[C@H]2[C@@H]1OC[C@@H]2n1cc(CC2CCCCC2)nn1)c1ccsc1. The van der Waals surface area contributed by atoms with Crippen LogP contribution in [0.15, 0.2) is 114 Å². The molecule has 40 heteroatoms. The lowest BCUT2D eigenvalue weighted by Gasteiger charge is -2.20. The molecule has 0 spiro atoms. The molecule has 0 radical (unpaired) electrons. The van der Waals surface area contributed by atoms with Crippen LogP contribution >= 0.6 is 11.3 Å². The molecule has 15 aliphatic rings. The van der Waals surface area contributed by atoms with Crippen LogP contribution in [0.5, 0.6) is 0 Å². The maximum absolute atomic E-state index is 12.6. The fourth-order valence-corrected chi connectivity index (χ4v) is 24.9. The Labute approximate surface area is 840 Å². The Morgan fingerprint density at radius 1 is 0.319 bits per heavy atom. The molecular weight excluding hydrogens is 1870 g/mol. The van der Waals surface area contributed by atoms with Crippen molar-refractivity contribution in [1.82, 2.24) is 102 Å². The number of furan rings is 4. The number of carbonyl (C=O) groups excluding carboxylic acids is 5. The molecule has 10 aromatic heterocycles. The lowest BCUT2D eigenvalue weighted by atomic mass is 9.86. The molecule has 25 rings (SSSR count). The first-order chi connectivity index (χ1) is 70.5. The lowest BCUT2D eigenvalue weighted by Crippen LogP contribution is -2.44. The van der Waals surface area contributed by atoms with Crippen molar-refractivity contribution in [3.8, 4) is 0 Å². The van der Waals surface area contributed by atoms with Crippen LogP contribution in [0.4, 0.5) is 0 Å². The minimum absolute atomic E-state index is 0.0110. The molecule has 144 heavy (non-hydrogen) atoms. The van der Waals surface area contributed by atoms with E-state index < -0.39 is 0 Å². The Hall–Kier alpha value is -10.5. The van der Waals surface area contributed by atoms with Crippen LogP contribution in [0.3, 0.4) is 0 Å². The third kappa shape index (κ3) is 23.4. The average Bonchev–Trinajstić information content (AvgIpc) is 1.65. The van der Waals surface area contributed by atoms with E-state index in [2.05, 4.69) is 90.5 Å². The first kappa shape index (κ1) is 99.4. The number of rotatable bonds is 25.